The first-order valence-electron chi connectivity index (χ1n) is 10.4. The van der Waals surface area contributed by atoms with Crippen molar-refractivity contribution in [3.05, 3.63) is 48.5 Å². The molecule has 3 amide bonds. The molecule has 9 nitrogen and oxygen atoms in total. The average molecular weight is 470 g/mol. The summed E-state index contributed by atoms with van der Waals surface area (Å²) in [5.41, 5.74) is 1.39. The van der Waals surface area contributed by atoms with E-state index in [1.165, 1.54) is 25.6 Å². The van der Waals surface area contributed by atoms with Gasteiger partial charge in [-0.05, 0) is 5.92 Å². The summed E-state index contributed by atoms with van der Waals surface area (Å²) in [5, 5.41) is 17.5. The van der Waals surface area contributed by atoms with Gasteiger partial charge in [0.25, 0.3) is 0 Å². The molecule has 0 saturated heterocycles. The molecule has 2 atom stereocenters. The minimum absolute atomic E-state index is 0.114. The number of benzene rings is 2. The molecule has 3 aromatic rings. The Labute approximate surface area is 196 Å². The lowest BCUT2D eigenvalue weighted by molar-refractivity contribution is -0.119. The van der Waals surface area contributed by atoms with E-state index in [1.54, 1.807) is 18.2 Å². The highest BCUT2D eigenvalue weighted by Crippen LogP contribution is 2.27. The standard InChI is InChI=1S/C23H27N5O4S/c1-5-14(2)19(25-22(30)24-16-11-17(31-3)13-18(12-16)32-4)20(29)26-23-28-27-21(33-23)15-9-7-6-8-10-15/h6-14,19H,5H2,1-4H3,(H2,24,25,30)(H,26,28,29)/t14-,19-/m0/s1. The van der Waals surface area contributed by atoms with Crippen molar-refractivity contribution >= 4 is 34.1 Å². The van der Waals surface area contributed by atoms with Crippen molar-refractivity contribution < 1.29 is 19.1 Å². The summed E-state index contributed by atoms with van der Waals surface area (Å²) >= 11 is 1.27. The van der Waals surface area contributed by atoms with E-state index in [-0.39, 0.29) is 11.8 Å². The topological polar surface area (TPSA) is 114 Å². The molecule has 3 N–H and O–H groups in total. The molecule has 0 spiro atoms. The van der Waals surface area contributed by atoms with Crippen molar-refractivity contribution in [2.45, 2.75) is 26.3 Å². The molecule has 0 radical (unpaired) electrons. The molecule has 174 valence electrons. The number of carbonyl (C=O) groups excluding carboxylic acids is 2. The summed E-state index contributed by atoms with van der Waals surface area (Å²) in [4.78, 5) is 25.7. The van der Waals surface area contributed by atoms with Crippen LogP contribution < -0.4 is 25.4 Å². The van der Waals surface area contributed by atoms with Gasteiger partial charge in [0.2, 0.25) is 11.0 Å². The molecular formula is C23H27N5O4S. The highest BCUT2D eigenvalue weighted by Gasteiger charge is 2.27. The summed E-state index contributed by atoms with van der Waals surface area (Å²) in [5.74, 6) is 0.591. The van der Waals surface area contributed by atoms with Crippen LogP contribution in [0.4, 0.5) is 15.6 Å². The SMILES string of the molecule is CC[C@H](C)[C@H](NC(=O)Nc1cc(OC)cc(OC)c1)C(=O)Nc1nnc(-c2ccccc2)s1. The number of nitrogens with one attached hydrogen (secondary N) is 3. The van der Waals surface area contributed by atoms with Crippen molar-refractivity contribution in [1.29, 1.82) is 0 Å². The van der Waals surface area contributed by atoms with E-state index in [4.69, 9.17) is 9.47 Å². The van der Waals surface area contributed by atoms with Crippen LogP contribution in [0.15, 0.2) is 48.5 Å². The van der Waals surface area contributed by atoms with Gasteiger partial charge in [0.1, 0.15) is 22.5 Å². The van der Waals surface area contributed by atoms with Gasteiger partial charge in [-0.1, -0.05) is 61.9 Å². The van der Waals surface area contributed by atoms with Gasteiger partial charge in [0.05, 0.1) is 14.2 Å². The van der Waals surface area contributed by atoms with Gasteiger partial charge in [-0.25, -0.2) is 4.79 Å². The van der Waals surface area contributed by atoms with Crippen molar-refractivity contribution in [2.75, 3.05) is 24.9 Å². The Morgan fingerprint density at radius 2 is 1.67 bits per heavy atom. The van der Waals surface area contributed by atoms with Crippen molar-refractivity contribution in [3.63, 3.8) is 0 Å². The third kappa shape index (κ3) is 6.42. The number of carbonyl (C=O) groups is 2. The number of rotatable bonds is 9. The van der Waals surface area contributed by atoms with E-state index >= 15 is 0 Å². The van der Waals surface area contributed by atoms with E-state index in [0.717, 1.165) is 5.56 Å². The Morgan fingerprint density at radius 1 is 1.00 bits per heavy atom. The zero-order valence-electron chi connectivity index (χ0n) is 18.9. The van der Waals surface area contributed by atoms with Crippen LogP contribution in [0.5, 0.6) is 11.5 Å². The molecule has 1 aromatic heterocycles. The highest BCUT2D eigenvalue weighted by molar-refractivity contribution is 7.18. The predicted molar refractivity (Wildman–Crippen MR) is 129 cm³/mol. The normalized spacial score (nSPS) is 12.4. The van der Waals surface area contributed by atoms with E-state index in [9.17, 15) is 9.59 Å². The summed E-state index contributed by atoms with van der Waals surface area (Å²) in [6.45, 7) is 3.85. The molecule has 0 fully saturated rings. The fourth-order valence-electron chi connectivity index (χ4n) is 3.04. The van der Waals surface area contributed by atoms with Crippen LogP contribution in [-0.4, -0.2) is 42.4 Å². The van der Waals surface area contributed by atoms with E-state index in [1.807, 2.05) is 44.2 Å². The smallest absolute Gasteiger partial charge is 0.319 e. The highest BCUT2D eigenvalue weighted by atomic mass is 32.1. The molecule has 2 aromatic carbocycles. The van der Waals surface area contributed by atoms with Gasteiger partial charge < -0.3 is 20.1 Å². The number of aromatic nitrogens is 2. The lowest BCUT2D eigenvalue weighted by Gasteiger charge is -2.23. The quantitative estimate of drug-likeness (QED) is 0.428. The largest absolute Gasteiger partial charge is 0.497 e. The maximum atomic E-state index is 13.0. The number of amides is 3. The molecule has 1 heterocycles. The van der Waals surface area contributed by atoms with Crippen molar-refractivity contribution in [3.8, 4) is 22.1 Å². The number of urea groups is 1. The maximum Gasteiger partial charge on any atom is 0.319 e. The fraction of sp³-hybridized carbons (Fsp3) is 0.304. The minimum atomic E-state index is -0.772. The van der Waals surface area contributed by atoms with Crippen molar-refractivity contribution in [2.24, 2.45) is 5.92 Å². The minimum Gasteiger partial charge on any atom is -0.497 e. The second-order valence-electron chi connectivity index (χ2n) is 7.33. The Hall–Kier alpha value is -3.66. The molecule has 0 unspecified atom stereocenters. The van der Waals surface area contributed by atoms with Crippen LogP contribution in [0.3, 0.4) is 0 Å². The Balaban J connectivity index is 1.69. The molecule has 0 aliphatic heterocycles. The van der Waals surface area contributed by atoms with Gasteiger partial charge in [0.15, 0.2) is 0 Å². The number of nitrogens with zero attached hydrogens (tertiary/aromatic N) is 2. The molecule has 10 heteroatoms. The third-order valence-corrected chi connectivity index (χ3v) is 5.95. The van der Waals surface area contributed by atoms with Crippen molar-refractivity contribution in [1.82, 2.24) is 15.5 Å². The molecular weight excluding hydrogens is 442 g/mol. The fourth-order valence-corrected chi connectivity index (χ4v) is 3.80. The van der Waals surface area contributed by atoms with Gasteiger partial charge in [-0.3, -0.25) is 10.1 Å². The van der Waals surface area contributed by atoms with Crippen LogP contribution in [0, 0.1) is 5.92 Å². The molecule has 0 aliphatic carbocycles. The van der Waals surface area contributed by atoms with Crippen LogP contribution in [0.2, 0.25) is 0 Å². The molecule has 3 rings (SSSR count). The Kier molecular flexibility index (Phi) is 8.20. The Morgan fingerprint density at radius 3 is 2.27 bits per heavy atom. The number of ether oxygens (including phenoxy) is 2. The second kappa shape index (κ2) is 11.3. The monoisotopic (exact) mass is 469 g/mol. The van der Waals surface area contributed by atoms with Crippen LogP contribution in [0.25, 0.3) is 10.6 Å². The van der Waals surface area contributed by atoms with Gasteiger partial charge in [-0.15, -0.1) is 10.2 Å². The van der Waals surface area contributed by atoms with Gasteiger partial charge >= 0.3 is 6.03 Å². The Bertz CT molecular complexity index is 1070. The lowest BCUT2D eigenvalue weighted by Crippen LogP contribution is -2.49. The zero-order chi connectivity index (χ0) is 23.8. The number of hydrogen-bond donors (Lipinski definition) is 3. The molecule has 33 heavy (non-hydrogen) atoms. The van der Waals surface area contributed by atoms with Crippen LogP contribution in [-0.2, 0) is 4.79 Å². The maximum absolute atomic E-state index is 13.0. The first kappa shape index (κ1) is 24.0. The van der Waals surface area contributed by atoms with Crippen LogP contribution in [0.1, 0.15) is 20.3 Å². The first-order chi connectivity index (χ1) is 15.9. The summed E-state index contributed by atoms with van der Waals surface area (Å²) in [6, 6.07) is 13.3. The average Bonchev–Trinajstić information content (AvgIpc) is 3.30. The van der Waals surface area contributed by atoms with E-state index < -0.39 is 12.1 Å². The van der Waals surface area contributed by atoms with Gasteiger partial charge in [-0.2, -0.15) is 0 Å². The molecule has 0 aliphatic rings. The zero-order valence-corrected chi connectivity index (χ0v) is 19.7. The van der Waals surface area contributed by atoms with E-state index in [0.29, 0.717) is 33.7 Å². The predicted octanol–water partition coefficient (Wildman–Crippen LogP) is 4.40. The molecule has 0 saturated carbocycles. The van der Waals surface area contributed by atoms with Gasteiger partial charge in [0, 0.05) is 29.4 Å². The second-order valence-corrected chi connectivity index (χ2v) is 8.31. The number of methoxy groups -OCH3 is 2. The third-order valence-electron chi connectivity index (χ3n) is 5.07. The molecule has 0 bridgehead atoms. The summed E-state index contributed by atoms with van der Waals surface area (Å²) < 4.78 is 10.5. The number of hydrogen-bond acceptors (Lipinski definition) is 7. The van der Waals surface area contributed by atoms with Crippen LogP contribution >= 0.6 is 11.3 Å². The summed E-state index contributed by atoms with van der Waals surface area (Å²) in [6.07, 6.45) is 0.691. The lowest BCUT2D eigenvalue weighted by atomic mass is 9.98. The summed E-state index contributed by atoms with van der Waals surface area (Å²) in [7, 11) is 3.05. The van der Waals surface area contributed by atoms with E-state index in [2.05, 4.69) is 26.1 Å². The first-order valence-corrected chi connectivity index (χ1v) is 11.3. The number of anilines is 2.